The van der Waals surface area contributed by atoms with Crippen molar-refractivity contribution in [2.24, 2.45) is 0 Å². The van der Waals surface area contributed by atoms with Gasteiger partial charge < -0.3 is 14.8 Å². The van der Waals surface area contributed by atoms with Crippen molar-refractivity contribution in [1.29, 1.82) is 0 Å². The Kier molecular flexibility index (Phi) is 6.59. The SMILES string of the molecule is COc1cccc(/C=C2/NC(=O)N(Cc3ccccc3)C2=O)c1Oc1ccc([N+](=O)[O-])cc1[N+](=O)[O-]. The quantitative estimate of drug-likeness (QED) is 0.211. The Morgan fingerprint density at radius 1 is 0.944 bits per heavy atom. The van der Waals surface area contributed by atoms with Crippen molar-refractivity contribution in [3.8, 4) is 17.2 Å². The Bertz CT molecular complexity index is 1400. The Labute approximate surface area is 203 Å². The van der Waals surface area contributed by atoms with E-state index in [0.717, 1.165) is 28.7 Å². The Balaban J connectivity index is 1.70. The normalized spacial score (nSPS) is 14.0. The highest BCUT2D eigenvalue weighted by Gasteiger charge is 2.34. The highest BCUT2D eigenvalue weighted by Crippen LogP contribution is 2.40. The highest BCUT2D eigenvalue weighted by atomic mass is 16.6. The van der Waals surface area contributed by atoms with Gasteiger partial charge in [0.25, 0.3) is 11.6 Å². The van der Waals surface area contributed by atoms with Crippen molar-refractivity contribution in [3.63, 3.8) is 0 Å². The van der Waals surface area contributed by atoms with E-state index < -0.39 is 33.2 Å². The average molecular weight is 490 g/mol. The molecule has 1 N–H and O–H groups in total. The van der Waals surface area contributed by atoms with Gasteiger partial charge >= 0.3 is 11.7 Å². The predicted octanol–water partition coefficient (Wildman–Crippen LogP) is 4.40. The number of ether oxygens (including phenoxy) is 2. The summed E-state index contributed by atoms with van der Waals surface area (Å²) in [5.74, 6) is -0.663. The Morgan fingerprint density at radius 3 is 2.36 bits per heavy atom. The minimum Gasteiger partial charge on any atom is -0.493 e. The molecule has 0 aromatic heterocycles. The van der Waals surface area contributed by atoms with Crippen LogP contribution in [0.3, 0.4) is 0 Å². The van der Waals surface area contributed by atoms with E-state index in [1.165, 1.54) is 19.3 Å². The fraction of sp³-hybridized carbons (Fsp3) is 0.0833. The van der Waals surface area contributed by atoms with Gasteiger partial charge in [0.05, 0.1) is 29.6 Å². The van der Waals surface area contributed by atoms with Crippen LogP contribution in [0.2, 0.25) is 0 Å². The van der Waals surface area contributed by atoms with E-state index in [9.17, 15) is 29.8 Å². The number of nitrogens with one attached hydrogen (secondary N) is 1. The van der Waals surface area contributed by atoms with Crippen LogP contribution in [-0.4, -0.2) is 33.8 Å². The molecular formula is C24H18N4O8. The minimum atomic E-state index is -0.807. The lowest BCUT2D eigenvalue weighted by Crippen LogP contribution is -2.30. The number of carbonyl (C=O) groups is 2. The molecule has 3 amide bonds. The van der Waals surface area contributed by atoms with Crippen LogP contribution in [0.15, 0.2) is 72.4 Å². The number of para-hydroxylation sites is 1. The molecule has 0 atom stereocenters. The van der Waals surface area contributed by atoms with E-state index in [-0.39, 0.29) is 35.1 Å². The summed E-state index contributed by atoms with van der Waals surface area (Å²) in [4.78, 5) is 47.5. The van der Waals surface area contributed by atoms with Gasteiger partial charge in [0.2, 0.25) is 5.75 Å². The molecule has 1 saturated heterocycles. The molecule has 0 radical (unpaired) electrons. The molecule has 0 unspecified atom stereocenters. The van der Waals surface area contributed by atoms with Crippen molar-refractivity contribution in [3.05, 3.63) is 104 Å². The van der Waals surface area contributed by atoms with Crippen LogP contribution in [-0.2, 0) is 11.3 Å². The van der Waals surface area contributed by atoms with Crippen LogP contribution >= 0.6 is 0 Å². The topological polar surface area (TPSA) is 154 Å². The van der Waals surface area contributed by atoms with Gasteiger partial charge in [-0.2, -0.15) is 0 Å². The first-order valence-corrected chi connectivity index (χ1v) is 10.4. The summed E-state index contributed by atoms with van der Waals surface area (Å²) in [5.41, 5.74) is -0.111. The van der Waals surface area contributed by atoms with Crippen LogP contribution in [0.5, 0.6) is 17.2 Å². The number of rotatable bonds is 8. The van der Waals surface area contributed by atoms with Crippen molar-refractivity contribution in [2.45, 2.75) is 6.54 Å². The molecule has 0 saturated carbocycles. The minimum absolute atomic E-state index is 0.00742. The van der Waals surface area contributed by atoms with E-state index in [1.54, 1.807) is 36.4 Å². The summed E-state index contributed by atoms with van der Waals surface area (Å²) in [6, 6.07) is 16.0. The first-order valence-electron chi connectivity index (χ1n) is 10.4. The maximum Gasteiger partial charge on any atom is 0.329 e. The summed E-state index contributed by atoms with van der Waals surface area (Å²) in [5, 5.41) is 25.1. The van der Waals surface area contributed by atoms with E-state index in [2.05, 4.69) is 5.32 Å². The Morgan fingerprint density at radius 2 is 1.69 bits per heavy atom. The Hall–Kier alpha value is -5.26. The number of imide groups is 1. The summed E-state index contributed by atoms with van der Waals surface area (Å²) in [7, 11) is 1.35. The largest absolute Gasteiger partial charge is 0.493 e. The molecular weight excluding hydrogens is 472 g/mol. The van der Waals surface area contributed by atoms with Crippen LogP contribution in [0, 0.1) is 20.2 Å². The molecule has 0 bridgehead atoms. The number of hydrogen-bond donors (Lipinski definition) is 1. The molecule has 1 aliphatic rings. The molecule has 1 fully saturated rings. The molecule has 3 aromatic carbocycles. The number of nitro benzene ring substituents is 2. The molecule has 0 aliphatic carbocycles. The van der Waals surface area contributed by atoms with E-state index in [4.69, 9.17) is 9.47 Å². The second-order valence-corrected chi connectivity index (χ2v) is 7.51. The van der Waals surface area contributed by atoms with E-state index in [1.807, 2.05) is 6.07 Å². The van der Waals surface area contributed by atoms with Gasteiger partial charge in [0, 0.05) is 11.6 Å². The fourth-order valence-corrected chi connectivity index (χ4v) is 3.51. The van der Waals surface area contributed by atoms with Crippen molar-refractivity contribution < 1.29 is 28.9 Å². The van der Waals surface area contributed by atoms with Crippen LogP contribution in [0.1, 0.15) is 11.1 Å². The zero-order valence-corrected chi connectivity index (χ0v) is 18.7. The highest BCUT2D eigenvalue weighted by molar-refractivity contribution is 6.14. The molecule has 4 rings (SSSR count). The lowest BCUT2D eigenvalue weighted by Gasteiger charge is -2.13. The van der Waals surface area contributed by atoms with Crippen LogP contribution in [0.4, 0.5) is 16.2 Å². The van der Waals surface area contributed by atoms with Crippen molar-refractivity contribution in [1.82, 2.24) is 10.2 Å². The third kappa shape index (κ3) is 4.82. The number of amides is 3. The predicted molar refractivity (Wildman–Crippen MR) is 126 cm³/mol. The summed E-state index contributed by atoms with van der Waals surface area (Å²) in [6.45, 7) is 0.0688. The molecule has 36 heavy (non-hydrogen) atoms. The molecule has 12 heteroatoms. The maximum atomic E-state index is 12.9. The van der Waals surface area contributed by atoms with E-state index >= 15 is 0 Å². The summed E-state index contributed by atoms with van der Waals surface area (Å²) >= 11 is 0. The number of methoxy groups -OCH3 is 1. The average Bonchev–Trinajstić information content (AvgIpc) is 3.12. The standard InChI is InChI=1S/C24H18N4O8/c1-35-21-9-5-8-16(22(21)36-20-11-10-17(27(31)32)13-19(20)28(33)34)12-18-23(29)26(24(30)25-18)14-15-6-3-2-4-7-15/h2-13H,14H2,1H3,(H,25,30)/b18-12+. The van der Waals surface area contributed by atoms with Gasteiger partial charge in [0.1, 0.15) is 5.70 Å². The van der Waals surface area contributed by atoms with Gasteiger partial charge in [-0.1, -0.05) is 42.5 Å². The van der Waals surface area contributed by atoms with Gasteiger partial charge in [0.15, 0.2) is 11.5 Å². The zero-order chi connectivity index (χ0) is 25.8. The first kappa shape index (κ1) is 23.9. The third-order valence-corrected chi connectivity index (χ3v) is 5.24. The molecule has 0 spiro atoms. The van der Waals surface area contributed by atoms with Gasteiger partial charge in [-0.3, -0.25) is 29.9 Å². The summed E-state index contributed by atoms with van der Waals surface area (Å²) in [6.07, 6.45) is 1.36. The second-order valence-electron chi connectivity index (χ2n) is 7.51. The third-order valence-electron chi connectivity index (χ3n) is 5.24. The number of non-ortho nitro benzene ring substituents is 1. The van der Waals surface area contributed by atoms with Gasteiger partial charge in [-0.15, -0.1) is 0 Å². The molecule has 182 valence electrons. The van der Waals surface area contributed by atoms with Crippen molar-refractivity contribution in [2.75, 3.05) is 7.11 Å². The lowest BCUT2D eigenvalue weighted by molar-refractivity contribution is -0.394. The maximum absolute atomic E-state index is 12.9. The smallest absolute Gasteiger partial charge is 0.329 e. The fourth-order valence-electron chi connectivity index (χ4n) is 3.51. The molecule has 3 aromatic rings. The van der Waals surface area contributed by atoms with Crippen LogP contribution < -0.4 is 14.8 Å². The van der Waals surface area contributed by atoms with Crippen molar-refractivity contribution >= 4 is 29.4 Å². The summed E-state index contributed by atoms with van der Waals surface area (Å²) < 4.78 is 11.1. The lowest BCUT2D eigenvalue weighted by atomic mass is 10.1. The van der Waals surface area contributed by atoms with E-state index in [0.29, 0.717) is 0 Å². The second kappa shape index (κ2) is 9.93. The molecule has 1 heterocycles. The number of nitrogens with zero attached hydrogens (tertiary/aromatic N) is 3. The van der Waals surface area contributed by atoms with Gasteiger partial charge in [-0.05, 0) is 23.8 Å². The number of urea groups is 1. The number of hydrogen-bond acceptors (Lipinski definition) is 8. The number of carbonyl (C=O) groups excluding carboxylic acids is 2. The van der Waals surface area contributed by atoms with Gasteiger partial charge in [-0.25, -0.2) is 4.79 Å². The van der Waals surface area contributed by atoms with Crippen LogP contribution in [0.25, 0.3) is 6.08 Å². The molecule has 12 nitrogen and oxygen atoms in total. The number of nitro groups is 2. The number of benzene rings is 3. The zero-order valence-electron chi connectivity index (χ0n) is 18.7. The molecule has 1 aliphatic heterocycles. The monoisotopic (exact) mass is 490 g/mol. The first-order chi connectivity index (χ1) is 17.3.